The Bertz CT molecular complexity index is 555. The number of hydrogen-bond donors (Lipinski definition) is 1. The summed E-state index contributed by atoms with van der Waals surface area (Å²) in [7, 11) is 3.33. The van der Waals surface area contributed by atoms with Crippen LogP contribution in [0.3, 0.4) is 0 Å². The lowest BCUT2D eigenvalue weighted by Gasteiger charge is -2.22. The van der Waals surface area contributed by atoms with E-state index in [1.54, 1.807) is 20.4 Å². The first kappa shape index (κ1) is 15.4. The highest BCUT2D eigenvalue weighted by atomic mass is 16.5. The van der Waals surface area contributed by atoms with Crippen LogP contribution in [-0.2, 0) is 6.54 Å². The largest absolute Gasteiger partial charge is 0.497 e. The van der Waals surface area contributed by atoms with Gasteiger partial charge in [0.05, 0.1) is 20.3 Å². The molecule has 5 nitrogen and oxygen atoms in total. The Labute approximate surface area is 125 Å². The van der Waals surface area contributed by atoms with Gasteiger partial charge in [-0.2, -0.15) is 5.10 Å². The summed E-state index contributed by atoms with van der Waals surface area (Å²) in [5, 5.41) is 7.80. The molecule has 0 bridgehead atoms. The van der Waals surface area contributed by atoms with Crippen molar-refractivity contribution >= 4 is 0 Å². The molecular formula is C16H23N3O2. The summed E-state index contributed by atoms with van der Waals surface area (Å²) in [5.74, 6) is 1.63. The Kier molecular flexibility index (Phi) is 5.22. The summed E-state index contributed by atoms with van der Waals surface area (Å²) in [6, 6.07) is 8.38. The van der Waals surface area contributed by atoms with Gasteiger partial charge < -0.3 is 14.8 Å². The smallest absolute Gasteiger partial charge is 0.127 e. The monoisotopic (exact) mass is 289 g/mol. The highest BCUT2D eigenvalue weighted by Crippen LogP contribution is 2.24. The molecule has 21 heavy (non-hydrogen) atoms. The Morgan fingerprint density at radius 3 is 2.67 bits per heavy atom. The maximum atomic E-state index is 5.42. The molecule has 1 aromatic heterocycles. The van der Waals surface area contributed by atoms with Gasteiger partial charge in [-0.05, 0) is 26.0 Å². The zero-order chi connectivity index (χ0) is 15.2. The summed E-state index contributed by atoms with van der Waals surface area (Å²) in [4.78, 5) is 0. The zero-order valence-electron chi connectivity index (χ0n) is 13.0. The molecule has 0 unspecified atom stereocenters. The third-order valence-corrected chi connectivity index (χ3v) is 3.77. The maximum Gasteiger partial charge on any atom is 0.127 e. The van der Waals surface area contributed by atoms with Crippen molar-refractivity contribution in [1.82, 2.24) is 15.1 Å². The van der Waals surface area contributed by atoms with Crippen LogP contribution in [-0.4, -0.2) is 30.0 Å². The van der Waals surface area contributed by atoms with E-state index in [1.165, 1.54) is 0 Å². The van der Waals surface area contributed by atoms with Gasteiger partial charge in [-0.3, -0.25) is 4.68 Å². The first-order valence-electron chi connectivity index (χ1n) is 7.09. The van der Waals surface area contributed by atoms with E-state index in [0.29, 0.717) is 0 Å². The number of nitrogens with zero attached hydrogens (tertiary/aromatic N) is 2. The molecule has 0 saturated heterocycles. The highest BCUT2D eigenvalue weighted by Gasteiger charge is 2.14. The van der Waals surface area contributed by atoms with Gasteiger partial charge in [-0.1, -0.05) is 6.07 Å². The van der Waals surface area contributed by atoms with E-state index in [2.05, 4.69) is 24.3 Å². The number of aromatic nitrogens is 2. The summed E-state index contributed by atoms with van der Waals surface area (Å²) < 4.78 is 12.6. The molecule has 1 heterocycles. The van der Waals surface area contributed by atoms with Gasteiger partial charge in [0.25, 0.3) is 0 Å². The van der Waals surface area contributed by atoms with Crippen LogP contribution in [0, 0.1) is 0 Å². The normalized spacial score (nSPS) is 13.7. The van der Waals surface area contributed by atoms with E-state index >= 15 is 0 Å². The van der Waals surface area contributed by atoms with Crippen molar-refractivity contribution in [2.45, 2.75) is 32.5 Å². The fraction of sp³-hybridized carbons (Fsp3) is 0.438. The number of methoxy groups -OCH3 is 2. The predicted molar refractivity (Wildman–Crippen MR) is 82.8 cm³/mol. The lowest BCUT2D eigenvalue weighted by atomic mass is 10.1. The van der Waals surface area contributed by atoms with Crippen molar-refractivity contribution in [2.24, 2.45) is 0 Å². The van der Waals surface area contributed by atoms with Crippen molar-refractivity contribution in [3.63, 3.8) is 0 Å². The zero-order valence-corrected chi connectivity index (χ0v) is 13.0. The first-order chi connectivity index (χ1) is 10.2. The Hall–Kier alpha value is -2.01. The molecule has 0 aliphatic heterocycles. The second-order valence-electron chi connectivity index (χ2n) is 5.07. The molecule has 1 aromatic carbocycles. The predicted octanol–water partition coefficient (Wildman–Crippen LogP) is 2.64. The molecule has 0 radical (unpaired) electrons. The van der Waals surface area contributed by atoms with Gasteiger partial charge in [0.2, 0.25) is 0 Å². The van der Waals surface area contributed by atoms with Crippen LogP contribution in [0.5, 0.6) is 11.5 Å². The molecular weight excluding hydrogens is 266 g/mol. The summed E-state index contributed by atoms with van der Waals surface area (Å²) in [5.41, 5.74) is 1.11. The molecule has 2 atom stereocenters. The number of nitrogens with one attached hydrogen (secondary N) is 1. The minimum absolute atomic E-state index is 0.282. The van der Waals surface area contributed by atoms with Crippen LogP contribution < -0.4 is 14.8 Å². The van der Waals surface area contributed by atoms with E-state index in [-0.39, 0.29) is 12.1 Å². The van der Waals surface area contributed by atoms with Crippen molar-refractivity contribution < 1.29 is 9.47 Å². The number of benzene rings is 1. The second kappa shape index (κ2) is 7.13. The highest BCUT2D eigenvalue weighted by molar-refractivity contribution is 5.40. The van der Waals surface area contributed by atoms with Crippen molar-refractivity contribution in [1.29, 1.82) is 0 Å². The molecule has 0 amide bonds. The minimum Gasteiger partial charge on any atom is -0.497 e. The quantitative estimate of drug-likeness (QED) is 0.851. The Balaban J connectivity index is 1.99. The van der Waals surface area contributed by atoms with Gasteiger partial charge in [0.15, 0.2) is 0 Å². The molecule has 1 N–H and O–H groups in total. The van der Waals surface area contributed by atoms with E-state index in [1.807, 2.05) is 35.1 Å². The van der Waals surface area contributed by atoms with Gasteiger partial charge in [0.1, 0.15) is 11.5 Å². The van der Waals surface area contributed by atoms with E-state index in [4.69, 9.17) is 9.47 Å². The van der Waals surface area contributed by atoms with Crippen LogP contribution in [0.25, 0.3) is 0 Å². The van der Waals surface area contributed by atoms with Gasteiger partial charge in [-0.15, -0.1) is 0 Å². The summed E-state index contributed by atoms with van der Waals surface area (Å²) >= 11 is 0. The summed E-state index contributed by atoms with van der Waals surface area (Å²) in [6.07, 6.45) is 3.78. The fourth-order valence-electron chi connectivity index (χ4n) is 2.19. The number of hydrogen-bond acceptors (Lipinski definition) is 4. The van der Waals surface area contributed by atoms with Crippen LogP contribution in [0.1, 0.15) is 25.5 Å². The SMILES string of the molecule is COc1ccc(CN[C@@H](C)[C@@H](C)n2cccn2)c(OC)c1. The molecule has 2 rings (SSSR count). The first-order valence-corrected chi connectivity index (χ1v) is 7.09. The minimum atomic E-state index is 0.282. The molecule has 0 saturated carbocycles. The van der Waals surface area contributed by atoms with Gasteiger partial charge in [-0.25, -0.2) is 0 Å². The van der Waals surface area contributed by atoms with Crippen molar-refractivity contribution in [3.8, 4) is 11.5 Å². The lowest BCUT2D eigenvalue weighted by molar-refractivity contribution is 0.358. The second-order valence-corrected chi connectivity index (χ2v) is 5.07. The molecule has 114 valence electrons. The third-order valence-electron chi connectivity index (χ3n) is 3.77. The third kappa shape index (κ3) is 3.76. The summed E-state index contributed by atoms with van der Waals surface area (Å²) in [6.45, 7) is 5.04. The van der Waals surface area contributed by atoms with Crippen LogP contribution in [0.15, 0.2) is 36.7 Å². The average Bonchev–Trinajstić information content (AvgIpc) is 3.05. The molecule has 5 heteroatoms. The number of ether oxygens (including phenoxy) is 2. The molecule has 0 fully saturated rings. The lowest BCUT2D eigenvalue weighted by Crippen LogP contribution is -2.33. The van der Waals surface area contributed by atoms with Gasteiger partial charge >= 0.3 is 0 Å². The van der Waals surface area contributed by atoms with Gasteiger partial charge in [0, 0.05) is 36.6 Å². The van der Waals surface area contributed by atoms with E-state index in [9.17, 15) is 0 Å². The average molecular weight is 289 g/mol. The standard InChI is InChI=1S/C16H23N3O2/c1-12(13(2)19-9-5-8-18-19)17-11-14-6-7-15(20-3)10-16(14)21-4/h5-10,12-13,17H,11H2,1-4H3/t12-,13+/m0/s1. The number of rotatable bonds is 7. The van der Waals surface area contributed by atoms with Crippen molar-refractivity contribution in [2.75, 3.05) is 14.2 Å². The van der Waals surface area contributed by atoms with E-state index < -0.39 is 0 Å². The van der Waals surface area contributed by atoms with Crippen molar-refractivity contribution in [3.05, 3.63) is 42.2 Å². The molecule has 0 aliphatic carbocycles. The van der Waals surface area contributed by atoms with Crippen LogP contribution in [0.2, 0.25) is 0 Å². The Morgan fingerprint density at radius 2 is 2.05 bits per heavy atom. The maximum absolute atomic E-state index is 5.42. The molecule has 2 aromatic rings. The molecule has 0 aliphatic rings. The Morgan fingerprint density at radius 1 is 1.24 bits per heavy atom. The topological polar surface area (TPSA) is 48.3 Å². The van der Waals surface area contributed by atoms with Crippen LogP contribution in [0.4, 0.5) is 0 Å². The fourth-order valence-corrected chi connectivity index (χ4v) is 2.19. The molecule has 0 spiro atoms. The van der Waals surface area contributed by atoms with Crippen LogP contribution >= 0.6 is 0 Å². The van der Waals surface area contributed by atoms with E-state index in [0.717, 1.165) is 23.6 Å².